The van der Waals surface area contributed by atoms with Crippen LogP contribution >= 0.6 is 0 Å². The molecule has 24 heavy (non-hydrogen) atoms. The number of guanidine groups is 1. The average molecular weight is 353 g/mol. The summed E-state index contributed by atoms with van der Waals surface area (Å²) < 4.78 is 12.2. The molecule has 0 aliphatic rings. The molecule has 1 rings (SSSR count). The molecule has 6 heteroatoms. The van der Waals surface area contributed by atoms with Crippen molar-refractivity contribution in [2.24, 2.45) is 4.99 Å². The van der Waals surface area contributed by atoms with Crippen molar-refractivity contribution in [2.45, 2.75) is 44.7 Å². The van der Waals surface area contributed by atoms with Gasteiger partial charge in [0.05, 0.1) is 10.8 Å². The molecule has 1 aromatic rings. The minimum absolute atomic E-state index is 0.523. The molecule has 0 aliphatic carbocycles. The van der Waals surface area contributed by atoms with Crippen LogP contribution in [0.5, 0.6) is 0 Å². The summed E-state index contributed by atoms with van der Waals surface area (Å²) in [4.78, 5) is 7.52. The van der Waals surface area contributed by atoms with Crippen molar-refractivity contribution in [2.75, 3.05) is 32.4 Å². The van der Waals surface area contributed by atoms with Crippen molar-refractivity contribution < 1.29 is 4.21 Å². The number of aliphatic imine (C=N–C) groups is 1. The van der Waals surface area contributed by atoms with E-state index in [9.17, 15) is 4.21 Å². The van der Waals surface area contributed by atoms with Gasteiger partial charge in [-0.1, -0.05) is 18.2 Å². The molecule has 1 aromatic carbocycles. The van der Waals surface area contributed by atoms with Gasteiger partial charge in [0.2, 0.25) is 0 Å². The largest absolute Gasteiger partial charge is 0.355 e. The van der Waals surface area contributed by atoms with Crippen molar-refractivity contribution in [3.63, 3.8) is 0 Å². The first-order valence-corrected chi connectivity index (χ1v) is 9.91. The maximum Gasteiger partial charge on any atom is 0.191 e. The zero-order chi connectivity index (χ0) is 17.9. The third-order valence-corrected chi connectivity index (χ3v) is 5.17. The second-order valence-electron chi connectivity index (χ2n) is 6.21. The number of rotatable bonds is 9. The van der Waals surface area contributed by atoms with Gasteiger partial charge in [0.1, 0.15) is 0 Å². The average Bonchev–Trinajstić information content (AvgIpc) is 2.56. The van der Waals surface area contributed by atoms with Crippen LogP contribution in [-0.4, -0.2) is 59.6 Å². The van der Waals surface area contributed by atoms with Crippen molar-refractivity contribution >= 4 is 16.8 Å². The van der Waals surface area contributed by atoms with E-state index in [4.69, 9.17) is 0 Å². The summed E-state index contributed by atoms with van der Waals surface area (Å²) in [5.41, 5.74) is 0. The SMILES string of the molecule is CN=C(NCCN(C(C)C)C(C)C)NCCS(=O)c1ccccc1. The zero-order valence-electron chi connectivity index (χ0n) is 15.6. The Morgan fingerprint density at radius 2 is 1.67 bits per heavy atom. The predicted octanol–water partition coefficient (Wildman–Crippen LogP) is 2.08. The first kappa shape index (κ1) is 20.6. The van der Waals surface area contributed by atoms with Crippen LogP contribution in [0.3, 0.4) is 0 Å². The number of benzene rings is 1. The molecular formula is C18H32N4OS. The third-order valence-electron chi connectivity index (χ3n) is 3.80. The second-order valence-corrected chi connectivity index (χ2v) is 7.78. The van der Waals surface area contributed by atoms with Crippen LogP contribution in [0.2, 0.25) is 0 Å². The smallest absolute Gasteiger partial charge is 0.191 e. The number of nitrogens with one attached hydrogen (secondary N) is 2. The maximum absolute atomic E-state index is 12.2. The molecule has 5 nitrogen and oxygen atoms in total. The van der Waals surface area contributed by atoms with Crippen molar-refractivity contribution in [1.29, 1.82) is 0 Å². The summed E-state index contributed by atoms with van der Waals surface area (Å²) in [5.74, 6) is 1.32. The Hall–Kier alpha value is -1.40. The normalized spacial score (nSPS) is 13.6. The van der Waals surface area contributed by atoms with Gasteiger partial charge in [-0.05, 0) is 39.8 Å². The van der Waals surface area contributed by atoms with Gasteiger partial charge in [0.15, 0.2) is 5.96 Å². The molecule has 0 radical (unpaired) electrons. The van der Waals surface area contributed by atoms with Crippen LogP contribution in [-0.2, 0) is 10.8 Å². The highest BCUT2D eigenvalue weighted by molar-refractivity contribution is 7.85. The third kappa shape index (κ3) is 7.45. The van der Waals surface area contributed by atoms with Crippen molar-refractivity contribution in [1.82, 2.24) is 15.5 Å². The van der Waals surface area contributed by atoms with E-state index in [-0.39, 0.29) is 0 Å². The lowest BCUT2D eigenvalue weighted by atomic mass is 10.2. The molecule has 136 valence electrons. The minimum Gasteiger partial charge on any atom is -0.355 e. The molecule has 1 atom stereocenters. The van der Waals surface area contributed by atoms with E-state index in [1.807, 2.05) is 30.3 Å². The Bertz CT molecular complexity index is 509. The Morgan fingerprint density at radius 1 is 1.08 bits per heavy atom. The molecule has 0 saturated heterocycles. The first-order valence-electron chi connectivity index (χ1n) is 8.59. The monoisotopic (exact) mass is 352 g/mol. The van der Waals surface area contributed by atoms with Crippen LogP contribution in [0.4, 0.5) is 0 Å². The summed E-state index contributed by atoms with van der Waals surface area (Å²) in [7, 11) is 0.775. The fourth-order valence-electron chi connectivity index (χ4n) is 2.59. The van der Waals surface area contributed by atoms with Crippen LogP contribution in [0.1, 0.15) is 27.7 Å². The van der Waals surface area contributed by atoms with Gasteiger partial charge in [-0.3, -0.25) is 14.1 Å². The van der Waals surface area contributed by atoms with E-state index in [0.29, 0.717) is 24.4 Å². The lowest BCUT2D eigenvalue weighted by Crippen LogP contribution is -2.45. The molecule has 0 amide bonds. The quantitative estimate of drug-likeness (QED) is 0.528. The highest BCUT2D eigenvalue weighted by Crippen LogP contribution is 2.05. The van der Waals surface area contributed by atoms with E-state index in [0.717, 1.165) is 23.9 Å². The van der Waals surface area contributed by atoms with E-state index in [2.05, 4.69) is 48.2 Å². The number of hydrogen-bond donors (Lipinski definition) is 2. The topological polar surface area (TPSA) is 56.7 Å². The molecule has 0 spiro atoms. The van der Waals surface area contributed by atoms with Crippen LogP contribution in [0.25, 0.3) is 0 Å². The van der Waals surface area contributed by atoms with Crippen LogP contribution in [0.15, 0.2) is 40.2 Å². The van der Waals surface area contributed by atoms with Crippen molar-refractivity contribution in [3.05, 3.63) is 30.3 Å². The van der Waals surface area contributed by atoms with Gasteiger partial charge in [0.25, 0.3) is 0 Å². The summed E-state index contributed by atoms with van der Waals surface area (Å²) in [6.07, 6.45) is 0. The van der Waals surface area contributed by atoms with E-state index in [1.165, 1.54) is 0 Å². The van der Waals surface area contributed by atoms with Gasteiger partial charge >= 0.3 is 0 Å². The van der Waals surface area contributed by atoms with Gasteiger partial charge < -0.3 is 10.6 Å². The molecule has 0 aliphatic heterocycles. The van der Waals surface area contributed by atoms with E-state index < -0.39 is 10.8 Å². The summed E-state index contributed by atoms with van der Waals surface area (Å²) in [6, 6.07) is 10.6. The Balaban J connectivity index is 2.32. The molecule has 0 fully saturated rings. The number of hydrogen-bond acceptors (Lipinski definition) is 3. The Kier molecular flexibility index (Phi) is 9.64. The summed E-state index contributed by atoms with van der Waals surface area (Å²) in [6.45, 7) is 11.3. The molecule has 0 saturated carbocycles. The van der Waals surface area contributed by atoms with E-state index in [1.54, 1.807) is 7.05 Å². The number of nitrogens with zero attached hydrogens (tertiary/aromatic N) is 2. The van der Waals surface area contributed by atoms with Crippen LogP contribution < -0.4 is 10.6 Å². The van der Waals surface area contributed by atoms with Gasteiger partial charge in [0, 0.05) is 49.4 Å². The lowest BCUT2D eigenvalue weighted by molar-refractivity contribution is 0.178. The van der Waals surface area contributed by atoms with Gasteiger partial charge in [-0.2, -0.15) is 0 Å². The standard InChI is InChI=1S/C18H32N4OS/c1-15(2)22(16(3)4)13-11-20-18(19-5)21-12-14-24(23)17-9-7-6-8-10-17/h6-10,15-16H,11-14H2,1-5H3,(H2,19,20,21). The molecule has 1 unspecified atom stereocenters. The van der Waals surface area contributed by atoms with Gasteiger partial charge in [-0.15, -0.1) is 0 Å². The van der Waals surface area contributed by atoms with E-state index >= 15 is 0 Å². The second kappa shape index (κ2) is 11.2. The Morgan fingerprint density at radius 3 is 2.21 bits per heavy atom. The fourth-order valence-corrected chi connectivity index (χ4v) is 3.57. The predicted molar refractivity (Wildman–Crippen MR) is 104 cm³/mol. The highest BCUT2D eigenvalue weighted by atomic mass is 32.2. The summed E-state index contributed by atoms with van der Waals surface area (Å²) >= 11 is 0. The van der Waals surface area contributed by atoms with Crippen LogP contribution in [0, 0.1) is 0 Å². The summed E-state index contributed by atoms with van der Waals surface area (Å²) in [5, 5.41) is 6.55. The molecule has 0 heterocycles. The first-order chi connectivity index (χ1) is 11.5. The molecule has 0 aromatic heterocycles. The Labute approximate surface area is 149 Å². The molecular weight excluding hydrogens is 320 g/mol. The lowest BCUT2D eigenvalue weighted by Gasteiger charge is -2.30. The van der Waals surface area contributed by atoms with Gasteiger partial charge in [-0.25, -0.2) is 0 Å². The molecule has 0 bridgehead atoms. The minimum atomic E-state index is -0.981. The molecule has 2 N–H and O–H groups in total. The highest BCUT2D eigenvalue weighted by Gasteiger charge is 2.12. The zero-order valence-corrected chi connectivity index (χ0v) is 16.4. The fraction of sp³-hybridized carbons (Fsp3) is 0.611. The van der Waals surface area contributed by atoms with Crippen molar-refractivity contribution in [3.8, 4) is 0 Å². The maximum atomic E-state index is 12.2.